The summed E-state index contributed by atoms with van der Waals surface area (Å²) < 4.78 is 7.26. The number of hydrogen-bond acceptors (Lipinski definition) is 5. The minimum atomic E-state index is -0.557. The number of nitrogens with zero attached hydrogens (tertiary/aromatic N) is 4. The number of fused-ring (bicyclic) bond motifs is 2. The largest absolute Gasteiger partial charge is 0.381 e. The van der Waals surface area contributed by atoms with Crippen LogP contribution in [0.5, 0.6) is 0 Å². The molecule has 0 unspecified atom stereocenters. The predicted octanol–water partition coefficient (Wildman–Crippen LogP) is 0.501. The van der Waals surface area contributed by atoms with Crippen molar-refractivity contribution in [2.24, 2.45) is 18.4 Å². The van der Waals surface area contributed by atoms with E-state index in [2.05, 4.69) is 15.4 Å². The monoisotopic (exact) mass is 357 g/mol. The highest BCUT2D eigenvalue weighted by Gasteiger charge is 2.54. The molecular weight excluding hydrogens is 334 g/mol. The molecule has 8 heteroatoms. The zero-order chi connectivity index (χ0) is 18.5. The SMILES string of the molecule is CNC(=O)[C@]12CCOC[C@H]1CN(C(=O)c1cc(C)nc3c1cnn3C)C2. The molecule has 138 valence electrons. The molecule has 0 aliphatic carbocycles. The molecule has 2 fully saturated rings. The van der Waals surface area contributed by atoms with Crippen LogP contribution in [0.1, 0.15) is 22.5 Å². The first-order valence-corrected chi connectivity index (χ1v) is 8.85. The topological polar surface area (TPSA) is 89.3 Å². The molecule has 1 N–H and O–H groups in total. The van der Waals surface area contributed by atoms with Crippen molar-refractivity contribution in [3.63, 3.8) is 0 Å². The van der Waals surface area contributed by atoms with Crippen molar-refractivity contribution in [1.82, 2.24) is 25.0 Å². The van der Waals surface area contributed by atoms with Crippen molar-refractivity contribution in [2.75, 3.05) is 33.4 Å². The van der Waals surface area contributed by atoms with Crippen molar-refractivity contribution in [3.05, 3.63) is 23.5 Å². The number of likely N-dealkylation sites (tertiary alicyclic amines) is 1. The molecule has 4 heterocycles. The fraction of sp³-hybridized carbons (Fsp3) is 0.556. The van der Waals surface area contributed by atoms with Crippen molar-refractivity contribution in [2.45, 2.75) is 13.3 Å². The van der Waals surface area contributed by atoms with Crippen molar-refractivity contribution < 1.29 is 14.3 Å². The lowest BCUT2D eigenvalue weighted by atomic mass is 9.73. The molecule has 0 saturated carbocycles. The fourth-order valence-corrected chi connectivity index (χ4v) is 4.31. The summed E-state index contributed by atoms with van der Waals surface area (Å²) in [6.45, 7) is 3.87. The van der Waals surface area contributed by atoms with Gasteiger partial charge in [-0.2, -0.15) is 5.10 Å². The molecule has 2 saturated heterocycles. The van der Waals surface area contributed by atoms with Crippen molar-refractivity contribution in [3.8, 4) is 0 Å². The number of carbonyl (C=O) groups is 2. The first-order chi connectivity index (χ1) is 12.5. The maximum absolute atomic E-state index is 13.3. The quantitative estimate of drug-likeness (QED) is 0.845. The standard InChI is InChI=1S/C18H23N5O3/c1-11-6-13(14-7-20-22(3)15(14)21-11)16(24)23-8-12-9-26-5-4-18(12,10-23)17(25)19-2/h6-7,12H,4-5,8-10H2,1-3H3,(H,19,25)/t12-,18+/m1/s1. The van der Waals surface area contributed by atoms with E-state index in [1.54, 1.807) is 28.9 Å². The van der Waals surface area contributed by atoms with Crippen LogP contribution >= 0.6 is 0 Å². The van der Waals surface area contributed by atoms with Crippen LogP contribution in [0.15, 0.2) is 12.3 Å². The first-order valence-electron chi connectivity index (χ1n) is 8.85. The van der Waals surface area contributed by atoms with Crippen molar-refractivity contribution in [1.29, 1.82) is 0 Å². The molecule has 2 aliphatic rings. The van der Waals surface area contributed by atoms with E-state index < -0.39 is 5.41 Å². The Hall–Kier alpha value is -2.48. The Bertz CT molecular complexity index is 892. The van der Waals surface area contributed by atoms with E-state index in [1.165, 1.54) is 0 Å². The minimum Gasteiger partial charge on any atom is -0.381 e. The third kappa shape index (κ3) is 2.39. The van der Waals surface area contributed by atoms with Gasteiger partial charge < -0.3 is 15.0 Å². The van der Waals surface area contributed by atoms with E-state index >= 15 is 0 Å². The Morgan fingerprint density at radius 3 is 3.00 bits per heavy atom. The van der Waals surface area contributed by atoms with Gasteiger partial charge in [-0.25, -0.2) is 4.98 Å². The third-order valence-corrected chi connectivity index (χ3v) is 5.74. The number of carbonyl (C=O) groups excluding carboxylic acids is 2. The number of rotatable bonds is 2. The van der Waals surface area contributed by atoms with Crippen LogP contribution in [0.3, 0.4) is 0 Å². The number of hydrogen-bond donors (Lipinski definition) is 1. The molecule has 0 spiro atoms. The van der Waals surface area contributed by atoms with Crippen LogP contribution in [0.2, 0.25) is 0 Å². The van der Waals surface area contributed by atoms with E-state index in [-0.39, 0.29) is 17.7 Å². The molecule has 2 aliphatic heterocycles. The van der Waals surface area contributed by atoms with Crippen molar-refractivity contribution >= 4 is 22.8 Å². The van der Waals surface area contributed by atoms with Crippen LogP contribution in [-0.4, -0.2) is 64.8 Å². The second kappa shape index (κ2) is 6.05. The molecule has 0 radical (unpaired) electrons. The fourth-order valence-electron chi connectivity index (χ4n) is 4.31. The van der Waals surface area contributed by atoms with Gasteiger partial charge in [0.1, 0.15) is 0 Å². The number of pyridine rings is 1. The average Bonchev–Trinajstić information content (AvgIpc) is 3.22. The molecular formula is C18H23N5O3. The lowest BCUT2D eigenvalue weighted by molar-refractivity contribution is -0.138. The van der Waals surface area contributed by atoms with Crippen LogP contribution in [0, 0.1) is 18.3 Å². The zero-order valence-electron chi connectivity index (χ0n) is 15.3. The van der Waals surface area contributed by atoms with Gasteiger partial charge in [-0.15, -0.1) is 0 Å². The maximum atomic E-state index is 13.3. The second-order valence-corrected chi connectivity index (χ2v) is 7.26. The van der Waals surface area contributed by atoms with Gasteiger partial charge in [-0.1, -0.05) is 0 Å². The summed E-state index contributed by atoms with van der Waals surface area (Å²) in [4.78, 5) is 32.2. The molecule has 2 atom stereocenters. The molecule has 2 amide bonds. The van der Waals surface area contributed by atoms with E-state index in [1.807, 2.05) is 14.0 Å². The summed E-state index contributed by atoms with van der Waals surface area (Å²) in [7, 11) is 3.46. The average molecular weight is 357 g/mol. The Kier molecular flexibility index (Phi) is 3.95. The van der Waals surface area contributed by atoms with E-state index in [9.17, 15) is 9.59 Å². The molecule has 8 nitrogen and oxygen atoms in total. The normalized spacial score (nSPS) is 25.3. The predicted molar refractivity (Wildman–Crippen MR) is 94.6 cm³/mol. The highest BCUT2D eigenvalue weighted by atomic mass is 16.5. The molecule has 0 aromatic carbocycles. The Morgan fingerprint density at radius 1 is 1.42 bits per heavy atom. The molecule has 0 bridgehead atoms. The Morgan fingerprint density at radius 2 is 2.23 bits per heavy atom. The minimum absolute atomic E-state index is 0.00136. The van der Waals surface area contributed by atoms with E-state index in [4.69, 9.17) is 4.74 Å². The van der Waals surface area contributed by atoms with Gasteiger partial charge in [0.25, 0.3) is 5.91 Å². The van der Waals surface area contributed by atoms with Gasteiger partial charge in [0, 0.05) is 45.4 Å². The Labute approximate surface area is 151 Å². The van der Waals surface area contributed by atoms with Crippen LogP contribution in [0.4, 0.5) is 0 Å². The summed E-state index contributed by atoms with van der Waals surface area (Å²) in [5, 5.41) is 7.75. The lowest BCUT2D eigenvalue weighted by Gasteiger charge is -2.36. The maximum Gasteiger partial charge on any atom is 0.254 e. The van der Waals surface area contributed by atoms with Gasteiger partial charge in [-0.05, 0) is 19.4 Å². The number of nitrogens with one attached hydrogen (secondary N) is 1. The second-order valence-electron chi connectivity index (χ2n) is 7.26. The van der Waals surface area contributed by atoms with Gasteiger partial charge in [0.05, 0.1) is 29.2 Å². The first kappa shape index (κ1) is 17.0. The van der Waals surface area contributed by atoms with E-state index in [0.29, 0.717) is 43.9 Å². The summed E-state index contributed by atoms with van der Waals surface area (Å²) in [6.07, 6.45) is 2.31. The molecule has 26 heavy (non-hydrogen) atoms. The van der Waals surface area contributed by atoms with Gasteiger partial charge in [-0.3, -0.25) is 14.3 Å². The van der Waals surface area contributed by atoms with Gasteiger partial charge in [0.2, 0.25) is 5.91 Å². The third-order valence-electron chi connectivity index (χ3n) is 5.74. The van der Waals surface area contributed by atoms with Crippen LogP contribution in [-0.2, 0) is 16.6 Å². The summed E-state index contributed by atoms with van der Waals surface area (Å²) >= 11 is 0. The summed E-state index contributed by atoms with van der Waals surface area (Å²) in [5.74, 6) is -0.0582. The summed E-state index contributed by atoms with van der Waals surface area (Å²) in [5.41, 5.74) is 1.49. The highest BCUT2D eigenvalue weighted by Crippen LogP contribution is 2.43. The van der Waals surface area contributed by atoms with Gasteiger partial charge in [0.15, 0.2) is 5.65 Å². The van der Waals surface area contributed by atoms with Crippen LogP contribution < -0.4 is 5.32 Å². The van der Waals surface area contributed by atoms with Crippen LogP contribution in [0.25, 0.3) is 11.0 Å². The lowest BCUT2D eigenvalue weighted by Crippen LogP contribution is -2.49. The van der Waals surface area contributed by atoms with E-state index in [0.717, 1.165) is 11.1 Å². The molecule has 2 aromatic heterocycles. The number of amides is 2. The smallest absolute Gasteiger partial charge is 0.254 e. The summed E-state index contributed by atoms with van der Waals surface area (Å²) in [6, 6.07) is 1.80. The number of aromatic nitrogens is 3. The highest BCUT2D eigenvalue weighted by molar-refractivity contribution is 6.06. The molecule has 4 rings (SSSR count). The Balaban J connectivity index is 1.71. The zero-order valence-corrected chi connectivity index (χ0v) is 15.3. The number of aryl methyl sites for hydroxylation is 2. The number of ether oxygens (including phenoxy) is 1. The molecule has 2 aromatic rings. The van der Waals surface area contributed by atoms with Gasteiger partial charge >= 0.3 is 0 Å².